The third-order valence-electron chi connectivity index (χ3n) is 6.16. The van der Waals surface area contributed by atoms with Crippen molar-refractivity contribution in [3.05, 3.63) is 87.3 Å². The minimum atomic E-state index is -4.76. The first-order valence-corrected chi connectivity index (χ1v) is 11.9. The average molecular weight is 544 g/mol. The summed E-state index contributed by atoms with van der Waals surface area (Å²) >= 11 is 0.0765. The van der Waals surface area contributed by atoms with Crippen LogP contribution in [0, 0.1) is 6.92 Å². The third-order valence-corrected chi connectivity index (χ3v) is 6.74. The predicted molar refractivity (Wildman–Crippen MR) is 136 cm³/mol. The number of pyridine rings is 1. The van der Waals surface area contributed by atoms with Crippen molar-refractivity contribution in [2.24, 2.45) is 12.0 Å². The molecule has 38 heavy (non-hydrogen) atoms. The molecule has 12 heteroatoms. The summed E-state index contributed by atoms with van der Waals surface area (Å²) in [4.78, 5) is 41.6. The van der Waals surface area contributed by atoms with Crippen molar-refractivity contribution in [2.45, 2.75) is 25.6 Å². The molecular weight excluding hydrogens is 523 g/mol. The Morgan fingerprint density at radius 2 is 1.79 bits per heavy atom. The van der Waals surface area contributed by atoms with Crippen LogP contribution in [0.1, 0.15) is 22.4 Å². The van der Waals surface area contributed by atoms with Crippen LogP contribution in [0.3, 0.4) is 0 Å². The molecule has 2 heterocycles. The first-order chi connectivity index (χ1) is 17.9. The molecule has 2 aromatic carbocycles. The van der Waals surface area contributed by atoms with Gasteiger partial charge in [-0.25, -0.2) is 14.0 Å². The van der Waals surface area contributed by atoms with Gasteiger partial charge in [-0.05, 0) is 30.2 Å². The molecule has 1 aliphatic heterocycles. The number of nitrogens with zero attached hydrogens (tertiary/aromatic N) is 2. The van der Waals surface area contributed by atoms with Gasteiger partial charge in [-0.3, -0.25) is 9.59 Å². The van der Waals surface area contributed by atoms with Crippen molar-refractivity contribution >= 4 is 39.4 Å². The van der Waals surface area contributed by atoms with Gasteiger partial charge in [0.15, 0.2) is 0 Å². The third kappa shape index (κ3) is 5.07. The van der Waals surface area contributed by atoms with Crippen LogP contribution < -0.4 is 10.9 Å². The standard InChI is InChI=1S/C26H20F3N3O5S/c1-13-11-17(26(27,28)29)20(24(34)32(13)2)15-9-7-14(8-10-15)12-19(25(35)36)31-23(33)21-22(38-37)16-5-3-4-6-18(16)30-21/h3-11,19H,12H2,1-2H3,(H,31,33)(H,35,36). The summed E-state index contributed by atoms with van der Waals surface area (Å²) in [5.41, 5.74) is -1.15. The highest BCUT2D eigenvalue weighted by Gasteiger charge is 2.36. The number of carbonyl (C=O) groups is 2. The first-order valence-electron chi connectivity index (χ1n) is 11.2. The molecule has 8 nitrogen and oxygen atoms in total. The lowest BCUT2D eigenvalue weighted by Crippen LogP contribution is -2.46. The number of aryl methyl sites for hydroxylation is 1. The van der Waals surface area contributed by atoms with E-state index in [1.165, 1.54) is 38.2 Å². The summed E-state index contributed by atoms with van der Waals surface area (Å²) in [6.45, 7) is 1.40. The number of carboxylic acids is 1. The van der Waals surface area contributed by atoms with E-state index in [2.05, 4.69) is 10.3 Å². The lowest BCUT2D eigenvalue weighted by molar-refractivity contribution is -0.141. The Morgan fingerprint density at radius 1 is 1.13 bits per heavy atom. The molecule has 0 fully saturated rings. The number of aliphatic carboxylic acids is 1. The number of hydrogen-bond donors (Lipinski definition) is 2. The van der Waals surface area contributed by atoms with Gasteiger partial charge in [0, 0.05) is 24.7 Å². The van der Waals surface area contributed by atoms with Crippen molar-refractivity contribution in [3.8, 4) is 11.1 Å². The number of para-hydroxylation sites is 1. The summed E-state index contributed by atoms with van der Waals surface area (Å²) in [6.07, 6.45) is -4.97. The summed E-state index contributed by atoms with van der Waals surface area (Å²) in [5.74, 6) is -2.21. The zero-order chi connectivity index (χ0) is 27.8. The van der Waals surface area contributed by atoms with E-state index in [9.17, 15) is 36.9 Å². The fourth-order valence-corrected chi connectivity index (χ4v) is 4.57. The molecule has 2 N–H and O–H groups in total. The number of benzene rings is 2. The molecule has 1 unspecified atom stereocenters. The molecule has 1 aliphatic rings. The van der Waals surface area contributed by atoms with Crippen LogP contribution in [0.15, 0.2) is 64.4 Å². The number of carbonyl (C=O) groups excluding carboxylic acids is 1. The van der Waals surface area contributed by atoms with Crippen LogP contribution in [0.4, 0.5) is 18.9 Å². The van der Waals surface area contributed by atoms with Crippen LogP contribution in [-0.4, -0.2) is 42.4 Å². The van der Waals surface area contributed by atoms with Gasteiger partial charge in [0.25, 0.3) is 11.5 Å². The van der Waals surface area contributed by atoms with Crippen LogP contribution in [0.5, 0.6) is 0 Å². The fourth-order valence-electron chi connectivity index (χ4n) is 4.09. The maximum atomic E-state index is 13.7. The van der Waals surface area contributed by atoms with Gasteiger partial charge in [-0.15, -0.1) is 0 Å². The van der Waals surface area contributed by atoms with Crippen LogP contribution >= 0.6 is 0 Å². The molecule has 3 aromatic rings. The highest BCUT2D eigenvalue weighted by molar-refractivity contribution is 7.69. The highest BCUT2D eigenvalue weighted by Crippen LogP contribution is 2.36. The summed E-state index contributed by atoms with van der Waals surface area (Å²) in [6, 6.07) is 11.5. The lowest BCUT2D eigenvalue weighted by atomic mass is 9.97. The number of fused-ring (bicyclic) bond motifs is 1. The highest BCUT2D eigenvalue weighted by atomic mass is 32.1. The molecule has 0 saturated carbocycles. The lowest BCUT2D eigenvalue weighted by Gasteiger charge is -2.17. The smallest absolute Gasteiger partial charge is 0.417 e. The number of hydrogen-bond acceptors (Lipinski definition) is 5. The van der Waals surface area contributed by atoms with Gasteiger partial charge >= 0.3 is 12.1 Å². The molecule has 0 saturated heterocycles. The Balaban J connectivity index is 1.58. The number of aromatic nitrogens is 1. The van der Waals surface area contributed by atoms with E-state index in [0.717, 1.165) is 10.6 Å². The van der Waals surface area contributed by atoms with E-state index in [4.69, 9.17) is 0 Å². The predicted octanol–water partition coefficient (Wildman–Crippen LogP) is 3.01. The molecule has 0 bridgehead atoms. The summed E-state index contributed by atoms with van der Waals surface area (Å²) < 4.78 is 53.8. The second-order valence-corrected chi connectivity index (χ2v) is 9.17. The van der Waals surface area contributed by atoms with Crippen molar-refractivity contribution in [2.75, 3.05) is 0 Å². The Bertz CT molecular complexity index is 1600. The number of aliphatic imine (C=N–C) groups is 1. The zero-order valence-corrected chi connectivity index (χ0v) is 20.8. The van der Waals surface area contributed by atoms with Gasteiger partial charge in [-0.1, -0.05) is 42.5 Å². The molecule has 196 valence electrons. The molecule has 1 aromatic heterocycles. The first kappa shape index (κ1) is 26.7. The topological polar surface area (TPSA) is 118 Å². The van der Waals surface area contributed by atoms with Gasteiger partial charge in [-0.2, -0.15) is 13.2 Å². The van der Waals surface area contributed by atoms with E-state index < -0.39 is 40.8 Å². The number of nitrogens with one attached hydrogen (secondary N) is 1. The molecule has 0 aliphatic carbocycles. The molecule has 1 amide bonds. The van der Waals surface area contributed by atoms with Gasteiger partial charge in [0.2, 0.25) is 0 Å². The molecule has 0 spiro atoms. The Labute approximate surface area is 217 Å². The summed E-state index contributed by atoms with van der Waals surface area (Å²) in [7, 11) is 1.37. The Morgan fingerprint density at radius 3 is 2.39 bits per heavy atom. The second-order valence-electron chi connectivity index (χ2n) is 8.59. The van der Waals surface area contributed by atoms with Gasteiger partial charge < -0.3 is 15.0 Å². The quantitative estimate of drug-likeness (QED) is 0.464. The molecule has 4 rings (SSSR count). The second kappa shape index (κ2) is 10.2. The van der Waals surface area contributed by atoms with E-state index in [-0.39, 0.29) is 39.5 Å². The van der Waals surface area contributed by atoms with Crippen molar-refractivity contribution < 1.29 is 32.1 Å². The molecular formula is C26H20F3N3O5S. The zero-order valence-electron chi connectivity index (χ0n) is 20.0. The maximum absolute atomic E-state index is 13.7. The van der Waals surface area contributed by atoms with E-state index >= 15 is 0 Å². The SMILES string of the molecule is Cc1cc(C(F)(F)F)c(-c2ccc(CC(NC(=O)C3=Nc4ccccc4C3=S=O)C(=O)O)cc2)c(=O)n1C. The number of alkyl halides is 3. The molecule has 1 atom stereocenters. The van der Waals surface area contributed by atoms with Crippen molar-refractivity contribution in [1.82, 2.24) is 9.88 Å². The number of carboxylic acid groups (broad SMARTS) is 1. The summed E-state index contributed by atoms with van der Waals surface area (Å²) in [5, 5.41) is 12.0. The Kier molecular flexibility index (Phi) is 7.18. The number of halogens is 3. The van der Waals surface area contributed by atoms with E-state index in [1.807, 2.05) is 0 Å². The largest absolute Gasteiger partial charge is 0.480 e. The van der Waals surface area contributed by atoms with Gasteiger partial charge in [0.05, 0.1) is 28.1 Å². The van der Waals surface area contributed by atoms with Gasteiger partial charge in [0.1, 0.15) is 16.6 Å². The van der Waals surface area contributed by atoms with Crippen molar-refractivity contribution in [3.63, 3.8) is 0 Å². The monoisotopic (exact) mass is 543 g/mol. The Hall–Kier alpha value is -4.32. The van der Waals surface area contributed by atoms with Crippen molar-refractivity contribution in [1.29, 1.82) is 0 Å². The fraction of sp³-hybridized carbons (Fsp3) is 0.192. The minimum absolute atomic E-state index is 0.0161. The number of amides is 1. The van der Waals surface area contributed by atoms with E-state index in [1.54, 1.807) is 24.3 Å². The van der Waals surface area contributed by atoms with Crippen LogP contribution in [0.2, 0.25) is 0 Å². The number of rotatable bonds is 6. The average Bonchev–Trinajstić information content (AvgIpc) is 3.25. The van der Waals surface area contributed by atoms with Crippen LogP contribution in [-0.2, 0) is 40.5 Å². The van der Waals surface area contributed by atoms with E-state index in [0.29, 0.717) is 16.8 Å². The maximum Gasteiger partial charge on any atom is 0.417 e. The normalized spacial score (nSPS) is 13.5. The minimum Gasteiger partial charge on any atom is -0.480 e. The molecule has 0 radical (unpaired) electrons. The van der Waals surface area contributed by atoms with Crippen LogP contribution in [0.25, 0.3) is 11.1 Å².